The van der Waals surface area contributed by atoms with Crippen molar-refractivity contribution in [2.75, 3.05) is 13.1 Å². The summed E-state index contributed by atoms with van der Waals surface area (Å²) >= 11 is 0. The fourth-order valence-corrected chi connectivity index (χ4v) is 2.70. The monoisotopic (exact) mass is 269 g/mol. The molecule has 104 valence electrons. The molecule has 1 aromatic carbocycles. The van der Waals surface area contributed by atoms with E-state index in [0.717, 1.165) is 23.9 Å². The molecule has 0 aliphatic carbocycles. The lowest BCUT2D eigenvalue weighted by molar-refractivity contribution is 0.0949. The standard InChI is InChI=1S/C16H19N3O/c20-16(19-11-13-7-1-2-9-17-13)14-8-3-5-12-6-4-10-18-15(12)14/h3-6,8,10,13,17H,1-2,7,9,11H2,(H,19,20). The van der Waals surface area contributed by atoms with Gasteiger partial charge < -0.3 is 10.6 Å². The SMILES string of the molecule is O=C(NCC1CCCCN1)c1cccc2cccnc12. The minimum atomic E-state index is -0.0401. The van der Waals surface area contributed by atoms with Crippen molar-refractivity contribution in [3.8, 4) is 0 Å². The van der Waals surface area contributed by atoms with Gasteiger partial charge in [0, 0.05) is 24.2 Å². The number of carbonyl (C=O) groups excluding carboxylic acids is 1. The summed E-state index contributed by atoms with van der Waals surface area (Å²) in [6.45, 7) is 1.73. The van der Waals surface area contributed by atoms with Crippen molar-refractivity contribution in [1.82, 2.24) is 15.6 Å². The number of fused-ring (bicyclic) bond motifs is 1. The molecule has 0 saturated carbocycles. The molecule has 2 N–H and O–H groups in total. The number of pyridine rings is 1. The highest BCUT2D eigenvalue weighted by Crippen LogP contribution is 2.15. The van der Waals surface area contributed by atoms with Gasteiger partial charge in [0.15, 0.2) is 0 Å². The first kappa shape index (κ1) is 13.1. The second-order valence-electron chi connectivity index (χ2n) is 5.24. The molecular formula is C16H19N3O. The molecule has 0 bridgehead atoms. The Labute approximate surface area is 118 Å². The zero-order valence-electron chi connectivity index (χ0n) is 11.4. The zero-order valence-corrected chi connectivity index (χ0v) is 11.4. The lowest BCUT2D eigenvalue weighted by atomic mass is 10.0. The maximum absolute atomic E-state index is 12.3. The highest BCUT2D eigenvalue weighted by Gasteiger charge is 2.15. The van der Waals surface area contributed by atoms with Crippen LogP contribution in [0.1, 0.15) is 29.6 Å². The van der Waals surface area contributed by atoms with Crippen LogP contribution < -0.4 is 10.6 Å². The molecule has 3 rings (SSSR count). The van der Waals surface area contributed by atoms with E-state index in [4.69, 9.17) is 0 Å². The Morgan fingerprint density at radius 3 is 3.05 bits per heavy atom. The molecule has 4 heteroatoms. The molecular weight excluding hydrogens is 250 g/mol. The molecule has 4 nitrogen and oxygen atoms in total. The van der Waals surface area contributed by atoms with Crippen LogP contribution in [0.25, 0.3) is 10.9 Å². The summed E-state index contributed by atoms with van der Waals surface area (Å²) in [6.07, 6.45) is 5.33. The maximum Gasteiger partial charge on any atom is 0.253 e. The van der Waals surface area contributed by atoms with Crippen molar-refractivity contribution >= 4 is 16.8 Å². The molecule has 1 aliphatic rings. The number of amides is 1. The summed E-state index contributed by atoms with van der Waals surface area (Å²) in [5.41, 5.74) is 1.42. The highest BCUT2D eigenvalue weighted by molar-refractivity contribution is 6.05. The van der Waals surface area contributed by atoms with Gasteiger partial charge in [-0.15, -0.1) is 0 Å². The van der Waals surface area contributed by atoms with Crippen molar-refractivity contribution in [2.24, 2.45) is 0 Å². The van der Waals surface area contributed by atoms with E-state index in [9.17, 15) is 4.79 Å². The molecule has 0 radical (unpaired) electrons. The number of aromatic nitrogens is 1. The predicted molar refractivity (Wildman–Crippen MR) is 79.7 cm³/mol. The topological polar surface area (TPSA) is 54.0 Å². The average molecular weight is 269 g/mol. The molecule has 1 fully saturated rings. The Kier molecular flexibility index (Phi) is 3.92. The minimum absolute atomic E-state index is 0.0401. The molecule has 2 aromatic rings. The van der Waals surface area contributed by atoms with Gasteiger partial charge in [-0.25, -0.2) is 0 Å². The Hall–Kier alpha value is -1.94. The average Bonchev–Trinajstić information content (AvgIpc) is 2.53. The van der Waals surface area contributed by atoms with Crippen molar-refractivity contribution < 1.29 is 4.79 Å². The molecule has 0 spiro atoms. The molecule has 1 aliphatic heterocycles. The van der Waals surface area contributed by atoms with Gasteiger partial charge in [-0.2, -0.15) is 0 Å². The van der Waals surface area contributed by atoms with E-state index < -0.39 is 0 Å². The predicted octanol–water partition coefficient (Wildman–Crippen LogP) is 2.11. The van der Waals surface area contributed by atoms with Crippen LogP contribution in [0.2, 0.25) is 0 Å². The second-order valence-corrected chi connectivity index (χ2v) is 5.24. The first-order valence-corrected chi connectivity index (χ1v) is 7.20. The van der Waals surface area contributed by atoms with Gasteiger partial charge in [-0.3, -0.25) is 9.78 Å². The minimum Gasteiger partial charge on any atom is -0.350 e. The van der Waals surface area contributed by atoms with E-state index in [1.807, 2.05) is 30.3 Å². The first-order chi connectivity index (χ1) is 9.84. The number of rotatable bonds is 3. The quantitative estimate of drug-likeness (QED) is 0.897. The maximum atomic E-state index is 12.3. The molecule has 1 amide bonds. The van der Waals surface area contributed by atoms with Crippen LogP contribution in [0.5, 0.6) is 0 Å². The zero-order chi connectivity index (χ0) is 13.8. The van der Waals surface area contributed by atoms with Crippen LogP contribution in [0.4, 0.5) is 0 Å². The number of nitrogens with zero attached hydrogens (tertiary/aromatic N) is 1. The first-order valence-electron chi connectivity index (χ1n) is 7.20. The Bertz CT molecular complexity index is 600. The van der Waals surface area contributed by atoms with Gasteiger partial charge >= 0.3 is 0 Å². The number of hydrogen-bond acceptors (Lipinski definition) is 3. The third kappa shape index (κ3) is 2.80. The van der Waals surface area contributed by atoms with Crippen LogP contribution in [0, 0.1) is 0 Å². The van der Waals surface area contributed by atoms with Crippen molar-refractivity contribution in [2.45, 2.75) is 25.3 Å². The summed E-state index contributed by atoms with van der Waals surface area (Å²) in [7, 11) is 0. The molecule has 1 atom stereocenters. The van der Waals surface area contributed by atoms with E-state index in [-0.39, 0.29) is 5.91 Å². The number of carbonyl (C=O) groups is 1. The largest absolute Gasteiger partial charge is 0.350 e. The lowest BCUT2D eigenvalue weighted by Crippen LogP contribution is -2.43. The van der Waals surface area contributed by atoms with Gasteiger partial charge in [0.05, 0.1) is 11.1 Å². The Morgan fingerprint density at radius 1 is 1.30 bits per heavy atom. The smallest absolute Gasteiger partial charge is 0.253 e. The molecule has 1 aromatic heterocycles. The van der Waals surface area contributed by atoms with Gasteiger partial charge in [-0.05, 0) is 31.5 Å². The third-order valence-electron chi connectivity index (χ3n) is 3.80. The van der Waals surface area contributed by atoms with E-state index in [2.05, 4.69) is 15.6 Å². The lowest BCUT2D eigenvalue weighted by Gasteiger charge is -2.23. The van der Waals surface area contributed by atoms with E-state index >= 15 is 0 Å². The number of nitrogens with one attached hydrogen (secondary N) is 2. The third-order valence-corrected chi connectivity index (χ3v) is 3.80. The summed E-state index contributed by atoms with van der Waals surface area (Å²) in [4.78, 5) is 16.6. The van der Waals surface area contributed by atoms with E-state index in [1.165, 1.54) is 12.8 Å². The molecule has 1 saturated heterocycles. The van der Waals surface area contributed by atoms with Crippen LogP contribution in [-0.2, 0) is 0 Å². The van der Waals surface area contributed by atoms with E-state index in [1.54, 1.807) is 6.20 Å². The van der Waals surface area contributed by atoms with Gasteiger partial charge in [0.1, 0.15) is 0 Å². The molecule has 2 heterocycles. The number of piperidine rings is 1. The van der Waals surface area contributed by atoms with Crippen LogP contribution in [0.3, 0.4) is 0 Å². The molecule has 1 unspecified atom stereocenters. The van der Waals surface area contributed by atoms with Gasteiger partial charge in [0.25, 0.3) is 5.91 Å². The van der Waals surface area contributed by atoms with Gasteiger partial charge in [-0.1, -0.05) is 24.6 Å². The normalized spacial score (nSPS) is 18.9. The van der Waals surface area contributed by atoms with Crippen molar-refractivity contribution in [1.29, 1.82) is 0 Å². The Balaban J connectivity index is 1.72. The summed E-state index contributed by atoms with van der Waals surface area (Å²) < 4.78 is 0. The fourth-order valence-electron chi connectivity index (χ4n) is 2.70. The van der Waals surface area contributed by atoms with E-state index in [0.29, 0.717) is 18.2 Å². The molecule has 20 heavy (non-hydrogen) atoms. The second kappa shape index (κ2) is 6.01. The summed E-state index contributed by atoms with van der Waals surface area (Å²) in [5, 5.41) is 7.45. The number of para-hydroxylation sites is 1. The van der Waals surface area contributed by atoms with Crippen LogP contribution >= 0.6 is 0 Å². The number of hydrogen-bond donors (Lipinski definition) is 2. The Morgan fingerprint density at radius 2 is 2.20 bits per heavy atom. The number of benzene rings is 1. The van der Waals surface area contributed by atoms with Gasteiger partial charge in [0.2, 0.25) is 0 Å². The van der Waals surface area contributed by atoms with Crippen molar-refractivity contribution in [3.63, 3.8) is 0 Å². The summed E-state index contributed by atoms with van der Waals surface area (Å²) in [6, 6.07) is 9.96. The van der Waals surface area contributed by atoms with Crippen LogP contribution in [-0.4, -0.2) is 30.0 Å². The summed E-state index contributed by atoms with van der Waals surface area (Å²) in [5.74, 6) is -0.0401. The van der Waals surface area contributed by atoms with Crippen LogP contribution in [0.15, 0.2) is 36.5 Å². The highest BCUT2D eigenvalue weighted by atomic mass is 16.1. The van der Waals surface area contributed by atoms with Crippen molar-refractivity contribution in [3.05, 3.63) is 42.1 Å². The fraction of sp³-hybridized carbons (Fsp3) is 0.375.